The average Bonchev–Trinajstić information content (AvgIpc) is 2.24. The summed E-state index contributed by atoms with van der Waals surface area (Å²) in [6, 6.07) is 0. The number of nitrogens with zero attached hydrogens (tertiary/aromatic N) is 1. The summed E-state index contributed by atoms with van der Waals surface area (Å²) in [6.45, 7) is 3.21. The fraction of sp³-hybridized carbons (Fsp3) is 0.889. The molecule has 16 heavy (non-hydrogen) atoms. The molecule has 0 aromatic rings. The van der Waals surface area contributed by atoms with Gasteiger partial charge in [-0.15, -0.1) is 0 Å². The van der Waals surface area contributed by atoms with Crippen molar-refractivity contribution in [3.63, 3.8) is 0 Å². The van der Waals surface area contributed by atoms with Crippen LogP contribution in [-0.4, -0.2) is 55.9 Å². The lowest BCUT2D eigenvalue weighted by atomic mass is 10.2. The molecule has 94 valence electrons. The van der Waals surface area contributed by atoms with Crippen molar-refractivity contribution in [1.29, 1.82) is 0 Å². The molecule has 1 fully saturated rings. The number of hydrogen-bond acceptors (Lipinski definition) is 3. The quantitative estimate of drug-likeness (QED) is 0.775. The van der Waals surface area contributed by atoms with Crippen LogP contribution in [0.3, 0.4) is 0 Å². The molecule has 0 saturated carbocycles. The van der Waals surface area contributed by atoms with Crippen molar-refractivity contribution in [1.82, 2.24) is 10.2 Å². The smallest absolute Gasteiger partial charge is 0.373 e. The SMILES string of the molecule is CCNC[C@H]1CN(C(=O)C(F)(F)F)CCO1. The van der Waals surface area contributed by atoms with Crippen LogP contribution in [0.5, 0.6) is 0 Å². The van der Waals surface area contributed by atoms with Crippen molar-refractivity contribution in [2.45, 2.75) is 19.2 Å². The molecule has 7 heteroatoms. The fourth-order valence-electron chi connectivity index (χ4n) is 1.51. The highest BCUT2D eigenvalue weighted by atomic mass is 19.4. The first-order valence-electron chi connectivity index (χ1n) is 5.13. The number of carbonyl (C=O) groups is 1. The molecule has 1 N–H and O–H groups in total. The number of carbonyl (C=O) groups excluding carboxylic acids is 1. The standard InChI is InChI=1S/C9H15F3N2O2/c1-2-13-5-7-6-14(3-4-16-7)8(15)9(10,11)12/h7,13H,2-6H2,1H3/t7-/m0/s1. The molecule has 0 aromatic heterocycles. The number of ether oxygens (including phenoxy) is 1. The van der Waals surface area contributed by atoms with E-state index in [0.717, 1.165) is 4.90 Å². The molecule has 1 amide bonds. The van der Waals surface area contributed by atoms with Crippen molar-refractivity contribution >= 4 is 5.91 Å². The van der Waals surface area contributed by atoms with Gasteiger partial charge in [0.05, 0.1) is 12.7 Å². The van der Waals surface area contributed by atoms with Gasteiger partial charge >= 0.3 is 12.1 Å². The Morgan fingerprint density at radius 2 is 2.25 bits per heavy atom. The maximum atomic E-state index is 12.2. The van der Waals surface area contributed by atoms with Crippen LogP contribution >= 0.6 is 0 Å². The number of morpholine rings is 1. The summed E-state index contributed by atoms with van der Waals surface area (Å²) in [5, 5.41) is 2.97. The summed E-state index contributed by atoms with van der Waals surface area (Å²) < 4.78 is 41.7. The van der Waals surface area contributed by atoms with E-state index < -0.39 is 12.1 Å². The lowest BCUT2D eigenvalue weighted by molar-refractivity contribution is -0.191. The number of halogens is 3. The highest BCUT2D eigenvalue weighted by Gasteiger charge is 2.43. The first-order chi connectivity index (χ1) is 7.45. The topological polar surface area (TPSA) is 41.6 Å². The molecule has 4 nitrogen and oxygen atoms in total. The van der Waals surface area contributed by atoms with Gasteiger partial charge in [-0.1, -0.05) is 6.92 Å². The van der Waals surface area contributed by atoms with E-state index >= 15 is 0 Å². The lowest BCUT2D eigenvalue weighted by Gasteiger charge is -2.33. The van der Waals surface area contributed by atoms with Crippen LogP contribution in [0, 0.1) is 0 Å². The van der Waals surface area contributed by atoms with E-state index in [1.165, 1.54) is 0 Å². The van der Waals surface area contributed by atoms with Crippen LogP contribution < -0.4 is 5.32 Å². The van der Waals surface area contributed by atoms with E-state index in [0.29, 0.717) is 13.1 Å². The van der Waals surface area contributed by atoms with Crippen LogP contribution in [-0.2, 0) is 9.53 Å². The van der Waals surface area contributed by atoms with Crippen LogP contribution in [0.2, 0.25) is 0 Å². The minimum Gasteiger partial charge on any atom is -0.373 e. The molecule has 0 aromatic carbocycles. The van der Waals surface area contributed by atoms with Gasteiger partial charge in [0, 0.05) is 19.6 Å². The maximum Gasteiger partial charge on any atom is 0.471 e. The van der Waals surface area contributed by atoms with E-state index in [2.05, 4.69) is 5.32 Å². The van der Waals surface area contributed by atoms with Gasteiger partial charge in [-0.25, -0.2) is 0 Å². The van der Waals surface area contributed by atoms with E-state index in [4.69, 9.17) is 4.74 Å². The average molecular weight is 240 g/mol. The molecule has 0 aliphatic carbocycles. The Balaban J connectivity index is 2.47. The largest absolute Gasteiger partial charge is 0.471 e. The van der Waals surface area contributed by atoms with Gasteiger partial charge in [0.1, 0.15) is 0 Å². The van der Waals surface area contributed by atoms with Crippen molar-refractivity contribution in [2.75, 3.05) is 32.8 Å². The highest BCUT2D eigenvalue weighted by Crippen LogP contribution is 2.20. The summed E-state index contributed by atoms with van der Waals surface area (Å²) in [6.07, 6.45) is -5.15. The number of nitrogens with one attached hydrogen (secondary N) is 1. The van der Waals surface area contributed by atoms with Gasteiger partial charge in [-0.3, -0.25) is 4.79 Å². The van der Waals surface area contributed by atoms with Crippen molar-refractivity contribution in [3.8, 4) is 0 Å². The maximum absolute atomic E-state index is 12.2. The molecule has 0 bridgehead atoms. The first kappa shape index (κ1) is 13.2. The molecular formula is C9H15F3N2O2. The van der Waals surface area contributed by atoms with Crippen molar-refractivity contribution < 1.29 is 22.7 Å². The summed E-state index contributed by atoms with van der Waals surface area (Å²) in [7, 11) is 0. The molecule has 0 radical (unpaired) electrons. The summed E-state index contributed by atoms with van der Waals surface area (Å²) >= 11 is 0. The van der Waals surface area contributed by atoms with Crippen LogP contribution in [0.15, 0.2) is 0 Å². The van der Waals surface area contributed by atoms with Gasteiger partial charge in [-0.05, 0) is 6.54 Å². The number of hydrogen-bond donors (Lipinski definition) is 1. The first-order valence-corrected chi connectivity index (χ1v) is 5.13. The second-order valence-corrected chi connectivity index (χ2v) is 3.55. The van der Waals surface area contributed by atoms with E-state index in [1.54, 1.807) is 0 Å². The Kier molecular flexibility index (Phi) is 4.55. The Morgan fingerprint density at radius 1 is 1.56 bits per heavy atom. The van der Waals surface area contributed by atoms with E-state index in [-0.39, 0.29) is 25.8 Å². The number of rotatable bonds is 3. The minimum absolute atomic E-state index is 0.000961. The summed E-state index contributed by atoms with van der Waals surface area (Å²) in [5.41, 5.74) is 0. The summed E-state index contributed by atoms with van der Waals surface area (Å²) in [5.74, 6) is -1.78. The Labute approximate surface area is 91.7 Å². The number of alkyl halides is 3. The molecule has 1 heterocycles. The van der Waals surface area contributed by atoms with Gasteiger partial charge in [-0.2, -0.15) is 13.2 Å². The second-order valence-electron chi connectivity index (χ2n) is 3.55. The van der Waals surface area contributed by atoms with Gasteiger partial charge in [0.15, 0.2) is 0 Å². The zero-order valence-electron chi connectivity index (χ0n) is 9.01. The molecule has 0 spiro atoms. The van der Waals surface area contributed by atoms with Gasteiger partial charge in [0.25, 0.3) is 0 Å². The highest BCUT2D eigenvalue weighted by molar-refractivity contribution is 5.81. The molecule has 1 rings (SSSR count). The monoisotopic (exact) mass is 240 g/mol. The normalized spacial score (nSPS) is 22.2. The molecule has 1 aliphatic rings. The van der Waals surface area contributed by atoms with Crippen LogP contribution in [0.4, 0.5) is 13.2 Å². The van der Waals surface area contributed by atoms with Crippen molar-refractivity contribution in [3.05, 3.63) is 0 Å². The fourth-order valence-corrected chi connectivity index (χ4v) is 1.51. The predicted octanol–water partition coefficient (Wildman–Crippen LogP) is 0.386. The minimum atomic E-state index is -4.79. The molecular weight excluding hydrogens is 225 g/mol. The van der Waals surface area contributed by atoms with Crippen LogP contribution in [0.1, 0.15) is 6.92 Å². The predicted molar refractivity (Wildman–Crippen MR) is 50.9 cm³/mol. The third-order valence-corrected chi connectivity index (χ3v) is 2.29. The lowest BCUT2D eigenvalue weighted by Crippen LogP contribution is -2.52. The Bertz CT molecular complexity index is 245. The van der Waals surface area contributed by atoms with Crippen LogP contribution in [0.25, 0.3) is 0 Å². The molecule has 1 saturated heterocycles. The molecule has 0 unspecified atom stereocenters. The van der Waals surface area contributed by atoms with E-state index in [1.807, 2.05) is 6.92 Å². The zero-order chi connectivity index (χ0) is 12.2. The third-order valence-electron chi connectivity index (χ3n) is 2.29. The second kappa shape index (κ2) is 5.49. The third kappa shape index (κ3) is 3.64. The number of amides is 1. The molecule has 1 aliphatic heterocycles. The zero-order valence-corrected chi connectivity index (χ0v) is 9.01. The number of likely N-dealkylation sites (N-methyl/N-ethyl adjacent to an activating group) is 1. The van der Waals surface area contributed by atoms with Crippen molar-refractivity contribution in [2.24, 2.45) is 0 Å². The Hall–Kier alpha value is -0.820. The Morgan fingerprint density at radius 3 is 2.81 bits per heavy atom. The van der Waals surface area contributed by atoms with E-state index in [9.17, 15) is 18.0 Å². The van der Waals surface area contributed by atoms with Gasteiger partial charge < -0.3 is 15.0 Å². The molecule has 1 atom stereocenters. The summed E-state index contributed by atoms with van der Waals surface area (Å²) in [4.78, 5) is 11.8. The van der Waals surface area contributed by atoms with Gasteiger partial charge in [0.2, 0.25) is 0 Å².